The third-order valence-electron chi connectivity index (χ3n) is 3.06. The number of hydrogen-bond acceptors (Lipinski definition) is 2. The number of alkyl halides is 1. The molecule has 0 aliphatic heterocycles. The van der Waals surface area contributed by atoms with Crippen LogP contribution in [0.25, 0.3) is 0 Å². The first kappa shape index (κ1) is 10.8. The van der Waals surface area contributed by atoms with Gasteiger partial charge < -0.3 is 0 Å². The van der Waals surface area contributed by atoms with Crippen molar-refractivity contribution in [2.45, 2.75) is 43.9 Å². The van der Waals surface area contributed by atoms with Gasteiger partial charge in [0.2, 0.25) is 5.95 Å². The number of nitrogens with zero attached hydrogens (tertiary/aromatic N) is 2. The standard InChI is InChI=1S/C11H14ClFN2/c12-6-9-10(11(13)15-7-14-9)8-4-2-1-3-5-8/h7-8H,1-6H2. The topological polar surface area (TPSA) is 25.8 Å². The molecule has 2 nitrogen and oxygen atoms in total. The van der Waals surface area contributed by atoms with Crippen LogP contribution in [-0.2, 0) is 5.88 Å². The van der Waals surface area contributed by atoms with E-state index in [9.17, 15) is 4.39 Å². The minimum absolute atomic E-state index is 0.269. The molecule has 1 aromatic rings. The molecule has 82 valence electrons. The smallest absolute Gasteiger partial charge is 0.219 e. The Balaban J connectivity index is 2.31. The molecule has 0 N–H and O–H groups in total. The van der Waals surface area contributed by atoms with Crippen molar-refractivity contribution >= 4 is 11.6 Å². The summed E-state index contributed by atoms with van der Waals surface area (Å²) in [4.78, 5) is 7.68. The van der Waals surface area contributed by atoms with Gasteiger partial charge in [-0.3, -0.25) is 0 Å². The second kappa shape index (κ2) is 4.88. The Labute approximate surface area is 93.9 Å². The van der Waals surface area contributed by atoms with E-state index in [2.05, 4.69) is 9.97 Å². The van der Waals surface area contributed by atoms with Crippen molar-refractivity contribution in [2.75, 3.05) is 0 Å². The van der Waals surface area contributed by atoms with Crippen molar-refractivity contribution in [3.63, 3.8) is 0 Å². The predicted octanol–water partition coefficient (Wildman–Crippen LogP) is 3.40. The molecular weight excluding hydrogens is 215 g/mol. The van der Waals surface area contributed by atoms with Crippen LogP contribution in [0, 0.1) is 5.95 Å². The largest absolute Gasteiger partial charge is 0.240 e. The van der Waals surface area contributed by atoms with Crippen LogP contribution < -0.4 is 0 Å². The summed E-state index contributed by atoms with van der Waals surface area (Å²) in [5.41, 5.74) is 1.32. The van der Waals surface area contributed by atoms with E-state index in [1.54, 1.807) is 0 Å². The van der Waals surface area contributed by atoms with E-state index in [4.69, 9.17) is 11.6 Å². The second-order valence-electron chi connectivity index (χ2n) is 3.99. The highest BCUT2D eigenvalue weighted by atomic mass is 35.5. The van der Waals surface area contributed by atoms with Crippen LogP contribution in [0.1, 0.15) is 49.3 Å². The number of halogens is 2. The van der Waals surface area contributed by atoms with E-state index in [0.717, 1.165) is 12.8 Å². The second-order valence-corrected chi connectivity index (χ2v) is 4.26. The first-order valence-electron chi connectivity index (χ1n) is 5.38. The molecule has 1 aromatic heterocycles. The summed E-state index contributed by atoms with van der Waals surface area (Å²) in [7, 11) is 0. The van der Waals surface area contributed by atoms with Gasteiger partial charge in [0, 0.05) is 5.56 Å². The Bertz CT molecular complexity index is 337. The summed E-state index contributed by atoms with van der Waals surface area (Å²) < 4.78 is 13.6. The molecule has 15 heavy (non-hydrogen) atoms. The van der Waals surface area contributed by atoms with Crippen molar-refractivity contribution in [3.8, 4) is 0 Å². The molecule has 2 rings (SSSR count). The summed E-state index contributed by atoms with van der Waals surface area (Å²) in [5.74, 6) is 0.159. The van der Waals surface area contributed by atoms with E-state index in [0.29, 0.717) is 11.3 Å². The van der Waals surface area contributed by atoms with Gasteiger partial charge in [0.15, 0.2) is 0 Å². The summed E-state index contributed by atoms with van der Waals surface area (Å²) in [5, 5.41) is 0. The maximum absolute atomic E-state index is 13.6. The van der Waals surface area contributed by atoms with Gasteiger partial charge >= 0.3 is 0 Å². The predicted molar refractivity (Wildman–Crippen MR) is 57.4 cm³/mol. The molecule has 0 unspecified atom stereocenters. The quantitative estimate of drug-likeness (QED) is 0.573. The molecular formula is C11H14ClFN2. The Morgan fingerprint density at radius 3 is 2.67 bits per heavy atom. The van der Waals surface area contributed by atoms with Crippen LogP contribution in [0.15, 0.2) is 6.33 Å². The Hall–Kier alpha value is -0.700. The minimum Gasteiger partial charge on any atom is -0.240 e. The maximum Gasteiger partial charge on any atom is 0.219 e. The molecule has 1 fully saturated rings. The number of rotatable bonds is 2. The summed E-state index contributed by atoms with van der Waals surface area (Å²) in [6.07, 6.45) is 6.91. The van der Waals surface area contributed by atoms with Crippen LogP contribution in [0.2, 0.25) is 0 Å². The Kier molecular flexibility index (Phi) is 3.52. The fourth-order valence-corrected chi connectivity index (χ4v) is 2.52. The van der Waals surface area contributed by atoms with Gasteiger partial charge in [-0.05, 0) is 18.8 Å². The van der Waals surface area contributed by atoms with Gasteiger partial charge in [0.05, 0.1) is 11.6 Å². The molecule has 4 heteroatoms. The van der Waals surface area contributed by atoms with Crippen LogP contribution in [0.4, 0.5) is 4.39 Å². The van der Waals surface area contributed by atoms with E-state index in [1.165, 1.54) is 25.6 Å². The zero-order chi connectivity index (χ0) is 10.7. The Morgan fingerprint density at radius 2 is 2.00 bits per heavy atom. The number of hydrogen-bond donors (Lipinski definition) is 0. The average Bonchev–Trinajstić information content (AvgIpc) is 2.29. The van der Waals surface area contributed by atoms with Gasteiger partial charge in [-0.15, -0.1) is 11.6 Å². The highest BCUT2D eigenvalue weighted by Crippen LogP contribution is 2.35. The lowest BCUT2D eigenvalue weighted by Gasteiger charge is -2.23. The fraction of sp³-hybridized carbons (Fsp3) is 0.636. The molecule has 0 aromatic carbocycles. The first-order valence-corrected chi connectivity index (χ1v) is 5.91. The van der Waals surface area contributed by atoms with Crippen molar-refractivity contribution in [1.82, 2.24) is 9.97 Å². The van der Waals surface area contributed by atoms with Gasteiger partial charge in [-0.25, -0.2) is 9.97 Å². The van der Waals surface area contributed by atoms with Gasteiger partial charge in [0.25, 0.3) is 0 Å². The van der Waals surface area contributed by atoms with Crippen LogP contribution in [0.3, 0.4) is 0 Å². The van der Waals surface area contributed by atoms with Crippen molar-refractivity contribution in [1.29, 1.82) is 0 Å². The zero-order valence-corrected chi connectivity index (χ0v) is 9.30. The summed E-state index contributed by atoms with van der Waals surface area (Å²) in [6.45, 7) is 0. The molecule has 1 aliphatic rings. The monoisotopic (exact) mass is 228 g/mol. The third-order valence-corrected chi connectivity index (χ3v) is 3.31. The van der Waals surface area contributed by atoms with E-state index < -0.39 is 0 Å². The molecule has 0 saturated heterocycles. The highest BCUT2D eigenvalue weighted by Gasteiger charge is 2.22. The van der Waals surface area contributed by atoms with Crippen molar-refractivity contribution < 1.29 is 4.39 Å². The minimum atomic E-state index is -0.382. The zero-order valence-electron chi connectivity index (χ0n) is 8.55. The molecule has 0 atom stereocenters. The van der Waals surface area contributed by atoms with Gasteiger partial charge in [0.1, 0.15) is 6.33 Å². The normalized spacial score (nSPS) is 18.0. The maximum atomic E-state index is 13.6. The van der Waals surface area contributed by atoms with E-state index in [-0.39, 0.29) is 17.7 Å². The van der Waals surface area contributed by atoms with Crippen molar-refractivity contribution in [2.24, 2.45) is 0 Å². The van der Waals surface area contributed by atoms with Gasteiger partial charge in [-0.2, -0.15) is 4.39 Å². The van der Waals surface area contributed by atoms with Crippen LogP contribution in [-0.4, -0.2) is 9.97 Å². The van der Waals surface area contributed by atoms with Crippen LogP contribution in [0.5, 0.6) is 0 Å². The van der Waals surface area contributed by atoms with E-state index in [1.807, 2.05) is 0 Å². The van der Waals surface area contributed by atoms with Crippen molar-refractivity contribution in [3.05, 3.63) is 23.5 Å². The molecule has 0 bridgehead atoms. The number of aromatic nitrogens is 2. The summed E-state index contributed by atoms with van der Waals surface area (Å²) in [6, 6.07) is 0. The molecule has 0 radical (unpaired) electrons. The molecule has 1 heterocycles. The van der Waals surface area contributed by atoms with Gasteiger partial charge in [-0.1, -0.05) is 19.3 Å². The molecule has 0 amide bonds. The third kappa shape index (κ3) is 2.28. The fourth-order valence-electron chi connectivity index (χ4n) is 2.31. The first-order chi connectivity index (χ1) is 7.33. The molecule has 1 saturated carbocycles. The Morgan fingerprint density at radius 1 is 1.27 bits per heavy atom. The highest BCUT2D eigenvalue weighted by molar-refractivity contribution is 6.17. The summed E-state index contributed by atoms with van der Waals surface area (Å²) >= 11 is 5.77. The SMILES string of the molecule is Fc1ncnc(CCl)c1C1CCCCC1. The molecule has 1 aliphatic carbocycles. The average molecular weight is 229 g/mol. The van der Waals surface area contributed by atoms with Crippen LogP contribution >= 0.6 is 11.6 Å². The molecule has 0 spiro atoms. The lowest BCUT2D eigenvalue weighted by molar-refractivity contribution is 0.419. The lowest BCUT2D eigenvalue weighted by atomic mass is 9.84. The van der Waals surface area contributed by atoms with E-state index >= 15 is 0 Å². The lowest BCUT2D eigenvalue weighted by Crippen LogP contribution is -2.11.